The summed E-state index contributed by atoms with van der Waals surface area (Å²) in [4.78, 5) is 38.3. The minimum atomic E-state index is -0.516. The molecule has 0 bridgehead atoms. The highest BCUT2D eigenvalue weighted by Crippen LogP contribution is 2.32. The van der Waals surface area contributed by atoms with Crippen LogP contribution in [-0.4, -0.2) is 81.3 Å². The first kappa shape index (κ1) is 26.9. The summed E-state index contributed by atoms with van der Waals surface area (Å²) in [5.41, 5.74) is 2.27. The van der Waals surface area contributed by atoms with E-state index in [0.29, 0.717) is 41.9 Å². The van der Waals surface area contributed by atoms with Gasteiger partial charge in [0.05, 0.1) is 17.7 Å². The van der Waals surface area contributed by atoms with Crippen LogP contribution >= 0.6 is 0 Å². The molecule has 2 amide bonds. The number of rotatable bonds is 6. The Balaban J connectivity index is 1.32. The van der Waals surface area contributed by atoms with Crippen molar-refractivity contribution < 1.29 is 18.7 Å². The van der Waals surface area contributed by atoms with Gasteiger partial charge in [-0.3, -0.25) is 14.3 Å². The normalized spacial score (nSPS) is 19.4. The van der Waals surface area contributed by atoms with Gasteiger partial charge in [0.15, 0.2) is 5.82 Å². The first-order valence-corrected chi connectivity index (χ1v) is 13.8. The Morgan fingerprint density at radius 1 is 1.12 bits per heavy atom. The van der Waals surface area contributed by atoms with Crippen LogP contribution in [0.5, 0.6) is 6.01 Å². The molecular weight excluding hydrogens is 527 g/mol. The van der Waals surface area contributed by atoms with Gasteiger partial charge in [-0.2, -0.15) is 10.1 Å². The van der Waals surface area contributed by atoms with Crippen molar-refractivity contribution in [3.05, 3.63) is 48.0 Å². The summed E-state index contributed by atoms with van der Waals surface area (Å²) >= 11 is 0. The van der Waals surface area contributed by atoms with Crippen molar-refractivity contribution in [2.24, 2.45) is 13.0 Å². The van der Waals surface area contributed by atoms with Crippen molar-refractivity contribution in [3.63, 3.8) is 0 Å². The lowest BCUT2D eigenvalue weighted by atomic mass is 10.0. The topological polar surface area (TPSA) is 118 Å². The highest BCUT2D eigenvalue weighted by atomic mass is 19.1. The minimum absolute atomic E-state index is 0.0468. The van der Waals surface area contributed by atoms with Gasteiger partial charge in [0.2, 0.25) is 5.91 Å². The van der Waals surface area contributed by atoms with Crippen molar-refractivity contribution in [1.82, 2.24) is 30.0 Å². The molecule has 0 aliphatic carbocycles. The molecule has 2 atom stereocenters. The molecule has 0 saturated carbocycles. The summed E-state index contributed by atoms with van der Waals surface area (Å²) in [5, 5.41) is 11.8. The molecule has 2 saturated heterocycles. The first-order chi connectivity index (χ1) is 19.6. The third-order valence-electron chi connectivity index (χ3n) is 7.63. The molecule has 0 radical (unpaired) electrons. The second-order valence-corrected chi connectivity index (χ2v) is 11.2. The van der Waals surface area contributed by atoms with Crippen molar-refractivity contribution in [1.29, 1.82) is 0 Å². The van der Waals surface area contributed by atoms with Crippen LogP contribution in [0.15, 0.2) is 36.7 Å². The zero-order valence-electron chi connectivity index (χ0n) is 23.5. The van der Waals surface area contributed by atoms with E-state index in [1.807, 2.05) is 6.07 Å². The van der Waals surface area contributed by atoms with Gasteiger partial charge in [0, 0.05) is 92.7 Å². The van der Waals surface area contributed by atoms with Crippen LogP contribution in [0, 0.1) is 11.7 Å². The van der Waals surface area contributed by atoms with Gasteiger partial charge in [0.1, 0.15) is 5.52 Å². The molecule has 2 aliphatic heterocycles. The molecule has 6 rings (SSSR count). The molecule has 2 N–H and O–H groups in total. The van der Waals surface area contributed by atoms with Crippen LogP contribution in [0.2, 0.25) is 0 Å². The molecule has 2 aliphatic rings. The number of aromatic nitrogens is 4. The maximum absolute atomic E-state index is 14.7. The quantitative estimate of drug-likeness (QED) is 0.370. The van der Waals surface area contributed by atoms with Crippen LogP contribution in [0.25, 0.3) is 21.8 Å². The number of nitrogens with one attached hydrogen (secondary N) is 2. The van der Waals surface area contributed by atoms with E-state index in [2.05, 4.69) is 44.4 Å². The molecule has 0 unspecified atom stereocenters. The molecule has 12 heteroatoms. The fourth-order valence-electron chi connectivity index (χ4n) is 5.75. The summed E-state index contributed by atoms with van der Waals surface area (Å²) in [5.74, 6) is -0.691. The number of ether oxygens (including phenoxy) is 1. The second kappa shape index (κ2) is 10.6. The predicted octanol–water partition coefficient (Wildman–Crippen LogP) is 2.95. The molecule has 0 spiro atoms. The van der Waals surface area contributed by atoms with Crippen molar-refractivity contribution >= 4 is 45.0 Å². The molecule has 41 heavy (non-hydrogen) atoms. The Labute approximate surface area is 236 Å². The molecule has 214 valence electrons. The lowest BCUT2D eigenvalue weighted by Gasteiger charge is -2.38. The number of piperazine rings is 1. The monoisotopic (exact) mass is 560 g/mol. The van der Waals surface area contributed by atoms with Crippen molar-refractivity contribution in [2.75, 3.05) is 43.0 Å². The largest absolute Gasteiger partial charge is 0.463 e. The van der Waals surface area contributed by atoms with E-state index in [1.54, 1.807) is 43.4 Å². The summed E-state index contributed by atoms with van der Waals surface area (Å²) in [7, 11) is 1.72. The number of anilines is 2. The Bertz CT molecular complexity index is 1640. The third kappa shape index (κ3) is 5.39. The number of amides is 2. The Kier molecular flexibility index (Phi) is 6.94. The minimum Gasteiger partial charge on any atom is -0.463 e. The van der Waals surface area contributed by atoms with E-state index in [4.69, 9.17) is 4.74 Å². The van der Waals surface area contributed by atoms with Crippen LogP contribution in [0.4, 0.5) is 15.8 Å². The van der Waals surface area contributed by atoms with E-state index < -0.39 is 11.7 Å². The number of halogens is 1. The molecule has 2 aromatic heterocycles. The number of hydrogen-bond donors (Lipinski definition) is 2. The van der Waals surface area contributed by atoms with Crippen LogP contribution < -0.4 is 20.3 Å². The molecule has 4 heterocycles. The Hall–Kier alpha value is -4.32. The van der Waals surface area contributed by atoms with Crippen LogP contribution in [0.3, 0.4) is 0 Å². The molecule has 4 aromatic rings. The number of hydrogen-bond acceptors (Lipinski definition) is 8. The number of nitrogens with zero attached hydrogens (tertiary/aromatic N) is 6. The standard InChI is InChI=1S/C29H33FN8O3/c1-16-10-38(11-17(2)32-16)25-6-5-22(28(40)33-21-7-20-14-36(4)35-26(20)24(30)8-21)27-23(25)9-31-29(34-27)41-15-19-12-37(13-19)18(3)39/h5-9,14,16-17,19,32H,10-13,15H2,1-4H3,(H,33,40)/t16-,17-/m1/s1. The van der Waals surface area contributed by atoms with Gasteiger partial charge < -0.3 is 25.2 Å². The number of aryl methyl sites for hydroxylation is 1. The first-order valence-electron chi connectivity index (χ1n) is 13.8. The zero-order valence-corrected chi connectivity index (χ0v) is 23.5. The van der Waals surface area contributed by atoms with Crippen molar-refractivity contribution in [2.45, 2.75) is 32.9 Å². The summed E-state index contributed by atoms with van der Waals surface area (Å²) in [6, 6.07) is 7.35. The van der Waals surface area contributed by atoms with Gasteiger partial charge in [-0.25, -0.2) is 9.37 Å². The fourth-order valence-corrected chi connectivity index (χ4v) is 5.75. The van der Waals surface area contributed by atoms with Gasteiger partial charge in [-0.15, -0.1) is 0 Å². The average Bonchev–Trinajstić information content (AvgIpc) is 3.26. The van der Waals surface area contributed by atoms with Gasteiger partial charge >= 0.3 is 6.01 Å². The number of fused-ring (bicyclic) bond motifs is 2. The average molecular weight is 561 g/mol. The van der Waals surface area contributed by atoms with E-state index in [-0.39, 0.29) is 35.4 Å². The maximum atomic E-state index is 14.7. The third-order valence-corrected chi connectivity index (χ3v) is 7.63. The summed E-state index contributed by atoms with van der Waals surface area (Å²) < 4.78 is 22.1. The second-order valence-electron chi connectivity index (χ2n) is 11.2. The number of carbonyl (C=O) groups is 2. The smallest absolute Gasteiger partial charge is 0.316 e. The zero-order chi connectivity index (χ0) is 28.8. The van der Waals surface area contributed by atoms with E-state index >= 15 is 0 Å². The molecule has 2 fully saturated rings. The number of carbonyl (C=O) groups excluding carboxylic acids is 2. The fraction of sp³-hybridized carbons (Fsp3) is 0.414. The molecular formula is C29H33FN8O3. The SMILES string of the molecule is CC(=O)N1CC(COc2ncc3c(N4C[C@@H](C)N[C@H](C)C4)ccc(C(=O)Nc4cc(F)c5nn(C)cc5c4)c3n2)C1. The van der Waals surface area contributed by atoms with Crippen LogP contribution in [-0.2, 0) is 11.8 Å². The predicted molar refractivity (Wildman–Crippen MR) is 154 cm³/mol. The Morgan fingerprint density at radius 2 is 1.88 bits per heavy atom. The summed E-state index contributed by atoms with van der Waals surface area (Å²) in [6.45, 7) is 9.06. The summed E-state index contributed by atoms with van der Waals surface area (Å²) in [6.07, 6.45) is 3.40. The van der Waals surface area contributed by atoms with E-state index in [1.165, 1.54) is 10.7 Å². The molecule has 2 aromatic carbocycles. The van der Waals surface area contributed by atoms with Crippen LogP contribution in [0.1, 0.15) is 31.1 Å². The lowest BCUT2D eigenvalue weighted by molar-refractivity contribution is -0.135. The van der Waals surface area contributed by atoms with E-state index in [0.717, 1.165) is 24.2 Å². The Morgan fingerprint density at radius 3 is 2.61 bits per heavy atom. The highest BCUT2D eigenvalue weighted by Gasteiger charge is 2.30. The number of likely N-dealkylation sites (tertiary alicyclic amines) is 1. The van der Waals surface area contributed by atoms with E-state index in [9.17, 15) is 14.0 Å². The number of benzene rings is 2. The maximum Gasteiger partial charge on any atom is 0.316 e. The molecule has 11 nitrogen and oxygen atoms in total. The van der Waals surface area contributed by atoms with Gasteiger partial charge in [-0.1, -0.05) is 0 Å². The van der Waals surface area contributed by atoms with Gasteiger partial charge in [0.25, 0.3) is 5.91 Å². The van der Waals surface area contributed by atoms with Crippen molar-refractivity contribution in [3.8, 4) is 6.01 Å². The highest BCUT2D eigenvalue weighted by molar-refractivity contribution is 6.14. The lowest BCUT2D eigenvalue weighted by Crippen LogP contribution is -2.54. The van der Waals surface area contributed by atoms with Gasteiger partial charge in [-0.05, 0) is 38.1 Å².